The number of hydrogen-bond donors (Lipinski definition) is 1. The van der Waals surface area contributed by atoms with Crippen molar-refractivity contribution in [2.75, 3.05) is 13.7 Å². The molecular weight excluding hydrogens is 129 g/mol. The zero-order valence-electron chi connectivity index (χ0n) is 6.12. The lowest BCUT2D eigenvalue weighted by Gasteiger charge is -2.12. The minimum atomic E-state index is -0.199. The third kappa shape index (κ3) is 1.72. The molecule has 0 unspecified atom stereocenters. The van der Waals surface area contributed by atoms with Crippen LogP contribution in [0.5, 0.6) is 0 Å². The van der Waals surface area contributed by atoms with Crippen LogP contribution in [0.1, 0.15) is 6.42 Å². The fourth-order valence-electron chi connectivity index (χ4n) is 1.13. The smallest absolute Gasteiger partial charge is 0.109 e. The molecule has 10 heavy (non-hydrogen) atoms. The highest BCUT2D eigenvalue weighted by Gasteiger charge is 2.29. The average molecular weight is 141 g/mol. The molecule has 56 valence electrons. The van der Waals surface area contributed by atoms with E-state index >= 15 is 0 Å². The first-order valence-corrected chi connectivity index (χ1v) is 3.39. The van der Waals surface area contributed by atoms with E-state index in [-0.39, 0.29) is 18.1 Å². The second-order valence-corrected chi connectivity index (χ2v) is 2.57. The van der Waals surface area contributed by atoms with E-state index in [9.17, 15) is 0 Å². The van der Waals surface area contributed by atoms with Crippen molar-refractivity contribution in [2.45, 2.75) is 24.6 Å². The third-order valence-corrected chi connectivity index (χ3v) is 1.66. The number of hydrogen-bond acceptors (Lipinski definition) is 3. The van der Waals surface area contributed by atoms with Crippen LogP contribution in [-0.2, 0) is 9.47 Å². The molecule has 0 aromatic rings. The topological polar surface area (TPSA) is 44.5 Å². The van der Waals surface area contributed by atoms with Gasteiger partial charge in [0.2, 0.25) is 0 Å². The van der Waals surface area contributed by atoms with Crippen LogP contribution in [0, 0.1) is 0 Å². The lowest BCUT2D eigenvalue weighted by molar-refractivity contribution is 0.0201. The number of ether oxygens (including phenoxy) is 2. The first kappa shape index (κ1) is 8.05. The fraction of sp³-hybridized carbons (Fsp3) is 1.00. The quantitative estimate of drug-likeness (QED) is 0.514. The van der Waals surface area contributed by atoms with Gasteiger partial charge in [0.1, 0.15) is 7.85 Å². The molecule has 0 aliphatic carbocycles. The van der Waals surface area contributed by atoms with Crippen molar-refractivity contribution < 1.29 is 9.47 Å². The molecule has 4 heteroatoms. The third-order valence-electron chi connectivity index (χ3n) is 1.66. The van der Waals surface area contributed by atoms with Crippen LogP contribution in [0.15, 0.2) is 0 Å². The van der Waals surface area contributed by atoms with Crippen LogP contribution in [0.4, 0.5) is 0 Å². The van der Waals surface area contributed by atoms with Crippen LogP contribution in [0.25, 0.3) is 0 Å². The van der Waals surface area contributed by atoms with Gasteiger partial charge in [-0.05, 0) is 6.42 Å². The second kappa shape index (κ2) is 3.37. The first-order chi connectivity index (χ1) is 4.74. The molecule has 2 radical (unpaired) electrons. The molecule has 3 atom stereocenters. The first-order valence-electron chi connectivity index (χ1n) is 3.39. The van der Waals surface area contributed by atoms with Crippen molar-refractivity contribution in [3.05, 3.63) is 0 Å². The van der Waals surface area contributed by atoms with Gasteiger partial charge in [-0.1, -0.05) is 0 Å². The van der Waals surface area contributed by atoms with Gasteiger partial charge in [0.15, 0.2) is 0 Å². The Balaban J connectivity index is 2.31. The van der Waals surface area contributed by atoms with Crippen molar-refractivity contribution in [2.24, 2.45) is 5.73 Å². The minimum Gasteiger partial charge on any atom is -0.382 e. The van der Waals surface area contributed by atoms with Gasteiger partial charge in [0.25, 0.3) is 0 Å². The maximum atomic E-state index is 5.67. The molecule has 1 rings (SSSR count). The summed E-state index contributed by atoms with van der Waals surface area (Å²) in [5.74, 6) is 0. The van der Waals surface area contributed by atoms with Gasteiger partial charge in [-0.25, -0.2) is 0 Å². The summed E-state index contributed by atoms with van der Waals surface area (Å²) >= 11 is 0. The fourth-order valence-corrected chi connectivity index (χ4v) is 1.13. The van der Waals surface area contributed by atoms with E-state index in [4.69, 9.17) is 23.1 Å². The van der Waals surface area contributed by atoms with Crippen LogP contribution < -0.4 is 5.73 Å². The summed E-state index contributed by atoms with van der Waals surface area (Å²) in [7, 11) is 7.11. The van der Waals surface area contributed by atoms with Gasteiger partial charge in [-0.15, -0.1) is 0 Å². The predicted molar refractivity (Wildman–Crippen MR) is 38.9 cm³/mol. The Kier molecular flexibility index (Phi) is 2.71. The zero-order valence-corrected chi connectivity index (χ0v) is 6.12. The summed E-state index contributed by atoms with van der Waals surface area (Å²) in [5.41, 5.74) is 5.67. The van der Waals surface area contributed by atoms with Gasteiger partial charge < -0.3 is 15.2 Å². The summed E-state index contributed by atoms with van der Waals surface area (Å²) in [5, 5.41) is 0. The molecule has 3 nitrogen and oxygen atoms in total. The monoisotopic (exact) mass is 141 g/mol. The normalized spacial score (nSPS) is 40.4. The van der Waals surface area contributed by atoms with Gasteiger partial charge in [-0.3, -0.25) is 0 Å². The molecule has 0 aromatic heterocycles. The van der Waals surface area contributed by atoms with E-state index in [1.165, 1.54) is 0 Å². The summed E-state index contributed by atoms with van der Waals surface area (Å²) in [4.78, 5) is 0. The molecule has 1 aliphatic heterocycles. The largest absolute Gasteiger partial charge is 0.382 e. The maximum absolute atomic E-state index is 5.67. The van der Waals surface area contributed by atoms with E-state index in [0.29, 0.717) is 6.61 Å². The van der Waals surface area contributed by atoms with Crippen molar-refractivity contribution in [3.8, 4) is 0 Å². The molecule has 1 heterocycles. The van der Waals surface area contributed by atoms with Crippen LogP contribution in [0.3, 0.4) is 0 Å². The standard InChI is InChI=1S/C6H12BNO2/c1-9-3-5-4(8)2-6(7)10-5/h4-6H,2-3,8H2,1H3/t4-,5+,6+/m0/s1. The highest BCUT2D eigenvalue weighted by molar-refractivity contribution is 6.11. The summed E-state index contributed by atoms with van der Waals surface area (Å²) < 4.78 is 10.1. The van der Waals surface area contributed by atoms with Crippen molar-refractivity contribution in [1.82, 2.24) is 0 Å². The molecule has 1 fully saturated rings. The molecule has 0 aromatic carbocycles. The van der Waals surface area contributed by atoms with Crippen molar-refractivity contribution >= 4 is 7.85 Å². The van der Waals surface area contributed by atoms with Gasteiger partial charge in [0, 0.05) is 19.2 Å². The molecular formula is C6H12BNO2. The van der Waals surface area contributed by atoms with E-state index in [2.05, 4.69) is 0 Å². The van der Waals surface area contributed by atoms with Crippen molar-refractivity contribution in [1.29, 1.82) is 0 Å². The molecule has 1 saturated heterocycles. The zero-order chi connectivity index (χ0) is 7.56. The van der Waals surface area contributed by atoms with E-state index in [0.717, 1.165) is 6.42 Å². The lowest BCUT2D eigenvalue weighted by atomic mass is 9.95. The molecule has 2 N–H and O–H groups in total. The lowest BCUT2D eigenvalue weighted by Crippen LogP contribution is -2.33. The molecule has 0 saturated carbocycles. The number of methoxy groups -OCH3 is 1. The predicted octanol–water partition coefficient (Wildman–Crippen LogP) is -0.756. The SMILES string of the molecule is [B][C@H]1C[C@H](N)[C@@H](COC)O1. The highest BCUT2D eigenvalue weighted by atomic mass is 16.5. The second-order valence-electron chi connectivity index (χ2n) is 2.57. The highest BCUT2D eigenvalue weighted by Crippen LogP contribution is 2.16. The molecule has 0 amide bonds. The molecule has 0 bridgehead atoms. The van der Waals surface area contributed by atoms with Gasteiger partial charge in [0.05, 0.1) is 12.7 Å². The van der Waals surface area contributed by atoms with E-state index in [1.807, 2.05) is 0 Å². The maximum Gasteiger partial charge on any atom is 0.109 e. The Bertz CT molecular complexity index is 112. The number of nitrogens with two attached hydrogens (primary N) is 1. The van der Waals surface area contributed by atoms with Crippen molar-refractivity contribution in [3.63, 3.8) is 0 Å². The summed E-state index contributed by atoms with van der Waals surface area (Å²) in [6.45, 7) is 0.537. The average Bonchev–Trinajstić information content (AvgIpc) is 2.13. The number of rotatable bonds is 2. The Morgan fingerprint density at radius 2 is 2.50 bits per heavy atom. The Labute approximate surface area is 62.3 Å². The van der Waals surface area contributed by atoms with Gasteiger partial charge >= 0.3 is 0 Å². The van der Waals surface area contributed by atoms with Gasteiger partial charge in [-0.2, -0.15) is 0 Å². The molecule has 0 spiro atoms. The van der Waals surface area contributed by atoms with Crippen LogP contribution in [0.2, 0.25) is 0 Å². The summed E-state index contributed by atoms with van der Waals surface area (Å²) in [6.07, 6.45) is 0.716. The Hall–Kier alpha value is -0.0551. The Morgan fingerprint density at radius 1 is 1.80 bits per heavy atom. The van der Waals surface area contributed by atoms with Crippen LogP contribution >= 0.6 is 0 Å². The molecule has 1 aliphatic rings. The summed E-state index contributed by atoms with van der Waals surface area (Å²) in [6, 6.07) is -0.162. The van der Waals surface area contributed by atoms with Crippen LogP contribution in [-0.4, -0.2) is 39.7 Å². The minimum absolute atomic E-state index is 0.0139. The van der Waals surface area contributed by atoms with E-state index in [1.54, 1.807) is 7.11 Å². The van der Waals surface area contributed by atoms with E-state index < -0.39 is 0 Å². The Morgan fingerprint density at radius 3 is 2.90 bits per heavy atom.